The fraction of sp³-hybridized carbons (Fsp3) is 0.364. The topological polar surface area (TPSA) is 56.7 Å². The fourth-order valence-corrected chi connectivity index (χ4v) is 2.69. The lowest BCUT2D eigenvalue weighted by Crippen LogP contribution is -2.40. The number of halogens is 1. The molecule has 0 aromatic heterocycles. The van der Waals surface area contributed by atoms with E-state index in [9.17, 15) is 9.18 Å². The number of nitrogens with one attached hydrogen (secondary N) is 2. The highest BCUT2D eigenvalue weighted by atomic mass is 19.1. The second kappa shape index (κ2) is 11.1. The van der Waals surface area contributed by atoms with Crippen LogP contribution in [-0.2, 0) is 17.6 Å². The van der Waals surface area contributed by atoms with Gasteiger partial charge in [0.05, 0.1) is 0 Å². The van der Waals surface area contributed by atoms with E-state index in [2.05, 4.69) is 27.8 Å². The van der Waals surface area contributed by atoms with E-state index >= 15 is 0 Å². The van der Waals surface area contributed by atoms with Crippen molar-refractivity contribution in [3.63, 3.8) is 0 Å². The first kappa shape index (κ1) is 21.4. The third-order valence-corrected chi connectivity index (χ3v) is 4.41. The molecular formula is C22H29FN4O. The Hall–Kier alpha value is -2.89. The zero-order valence-electron chi connectivity index (χ0n) is 16.8. The number of guanidine groups is 1. The van der Waals surface area contributed by atoms with Crippen molar-refractivity contribution in [1.82, 2.24) is 15.5 Å². The molecule has 28 heavy (non-hydrogen) atoms. The van der Waals surface area contributed by atoms with Crippen molar-refractivity contribution in [1.29, 1.82) is 0 Å². The molecule has 150 valence electrons. The number of rotatable bonds is 8. The molecule has 0 saturated heterocycles. The molecule has 0 radical (unpaired) electrons. The summed E-state index contributed by atoms with van der Waals surface area (Å²) in [5.74, 6) is 0.325. The maximum atomic E-state index is 13.2. The second-order valence-corrected chi connectivity index (χ2v) is 6.86. The number of benzene rings is 2. The smallest absolute Gasteiger partial charge is 0.243 e. The first-order valence-electron chi connectivity index (χ1n) is 9.47. The SMILES string of the molecule is Cc1cc(F)ccc1CCNC(=NCC(=O)N(C)C)NCCc1ccccc1. The lowest BCUT2D eigenvalue weighted by atomic mass is 10.1. The zero-order valence-corrected chi connectivity index (χ0v) is 16.8. The minimum atomic E-state index is -0.221. The molecule has 0 aliphatic carbocycles. The number of hydrogen-bond donors (Lipinski definition) is 2. The number of aryl methyl sites for hydroxylation is 1. The molecule has 0 saturated carbocycles. The molecule has 0 aliphatic heterocycles. The second-order valence-electron chi connectivity index (χ2n) is 6.86. The maximum absolute atomic E-state index is 13.2. The van der Waals surface area contributed by atoms with Crippen LogP contribution < -0.4 is 10.6 Å². The van der Waals surface area contributed by atoms with Crippen LogP contribution in [0.1, 0.15) is 16.7 Å². The molecule has 2 N–H and O–H groups in total. The molecule has 5 nitrogen and oxygen atoms in total. The highest BCUT2D eigenvalue weighted by Crippen LogP contribution is 2.10. The summed E-state index contributed by atoms with van der Waals surface area (Å²) < 4.78 is 13.2. The van der Waals surface area contributed by atoms with Gasteiger partial charge in [0, 0.05) is 27.2 Å². The van der Waals surface area contributed by atoms with Crippen LogP contribution in [0.2, 0.25) is 0 Å². The van der Waals surface area contributed by atoms with E-state index in [1.165, 1.54) is 22.6 Å². The van der Waals surface area contributed by atoms with Gasteiger partial charge >= 0.3 is 0 Å². The highest BCUT2D eigenvalue weighted by molar-refractivity contribution is 5.84. The average molecular weight is 384 g/mol. The predicted molar refractivity (Wildman–Crippen MR) is 112 cm³/mol. The van der Waals surface area contributed by atoms with Gasteiger partial charge in [0.1, 0.15) is 12.4 Å². The Balaban J connectivity index is 1.90. The summed E-state index contributed by atoms with van der Waals surface area (Å²) in [6, 6.07) is 15.0. The van der Waals surface area contributed by atoms with Gasteiger partial charge in [0.25, 0.3) is 0 Å². The normalized spacial score (nSPS) is 11.2. The Bertz CT molecular complexity index is 790. The lowest BCUT2D eigenvalue weighted by molar-refractivity contribution is -0.127. The molecule has 0 aliphatic rings. The van der Waals surface area contributed by atoms with Crippen molar-refractivity contribution in [2.24, 2.45) is 4.99 Å². The van der Waals surface area contributed by atoms with Crippen LogP contribution in [0.5, 0.6) is 0 Å². The summed E-state index contributed by atoms with van der Waals surface area (Å²) in [4.78, 5) is 17.8. The Labute approximate surface area is 166 Å². The highest BCUT2D eigenvalue weighted by Gasteiger charge is 2.06. The summed E-state index contributed by atoms with van der Waals surface area (Å²) in [6.45, 7) is 3.34. The van der Waals surface area contributed by atoms with E-state index in [4.69, 9.17) is 0 Å². The Morgan fingerprint density at radius 1 is 1.04 bits per heavy atom. The largest absolute Gasteiger partial charge is 0.356 e. The van der Waals surface area contributed by atoms with Crippen molar-refractivity contribution < 1.29 is 9.18 Å². The molecule has 0 bridgehead atoms. The molecule has 1 amide bonds. The van der Waals surface area contributed by atoms with E-state index in [-0.39, 0.29) is 18.3 Å². The summed E-state index contributed by atoms with van der Waals surface area (Å²) in [5, 5.41) is 6.55. The van der Waals surface area contributed by atoms with Gasteiger partial charge in [-0.3, -0.25) is 4.79 Å². The van der Waals surface area contributed by atoms with E-state index in [0.717, 1.165) is 24.0 Å². The van der Waals surface area contributed by atoms with Crippen LogP contribution in [0, 0.1) is 12.7 Å². The van der Waals surface area contributed by atoms with Crippen LogP contribution >= 0.6 is 0 Å². The molecule has 6 heteroatoms. The quantitative estimate of drug-likeness (QED) is 0.543. The van der Waals surface area contributed by atoms with Gasteiger partial charge in [0.2, 0.25) is 5.91 Å². The number of likely N-dealkylation sites (N-methyl/N-ethyl adjacent to an activating group) is 1. The Morgan fingerprint density at radius 3 is 2.36 bits per heavy atom. The molecule has 2 aromatic carbocycles. The number of hydrogen-bond acceptors (Lipinski definition) is 2. The van der Waals surface area contributed by atoms with Gasteiger partial charge < -0.3 is 15.5 Å². The first-order chi connectivity index (χ1) is 13.5. The van der Waals surface area contributed by atoms with E-state index in [1.54, 1.807) is 14.1 Å². The molecule has 0 atom stereocenters. The van der Waals surface area contributed by atoms with Crippen LogP contribution in [0.3, 0.4) is 0 Å². The zero-order chi connectivity index (χ0) is 20.4. The van der Waals surface area contributed by atoms with Gasteiger partial charge in [-0.25, -0.2) is 9.38 Å². The first-order valence-corrected chi connectivity index (χ1v) is 9.47. The van der Waals surface area contributed by atoms with Gasteiger partial charge in [-0.05, 0) is 48.6 Å². The molecule has 0 heterocycles. The Morgan fingerprint density at radius 2 is 1.71 bits per heavy atom. The van der Waals surface area contributed by atoms with E-state index < -0.39 is 0 Å². The van der Waals surface area contributed by atoms with Gasteiger partial charge in [-0.2, -0.15) is 0 Å². The third-order valence-electron chi connectivity index (χ3n) is 4.41. The monoisotopic (exact) mass is 384 g/mol. The molecule has 0 spiro atoms. The third kappa shape index (κ3) is 7.39. The summed E-state index contributed by atoms with van der Waals surface area (Å²) >= 11 is 0. The Kier molecular flexibility index (Phi) is 8.46. The van der Waals surface area contributed by atoms with Crippen molar-refractivity contribution in [3.05, 3.63) is 71.0 Å². The summed E-state index contributed by atoms with van der Waals surface area (Å²) in [7, 11) is 3.43. The number of carbonyl (C=O) groups is 1. The van der Waals surface area contributed by atoms with Crippen LogP contribution in [-0.4, -0.2) is 50.5 Å². The standard InChI is InChI=1S/C22H29FN4O/c1-17-15-20(23)10-9-19(17)12-14-25-22(26-16-21(28)27(2)3)24-13-11-18-7-5-4-6-8-18/h4-10,15H,11-14,16H2,1-3H3,(H2,24,25,26). The van der Waals surface area contributed by atoms with Gasteiger partial charge in [-0.1, -0.05) is 36.4 Å². The summed E-state index contributed by atoms with van der Waals surface area (Å²) in [5.41, 5.74) is 3.25. The number of aliphatic imine (C=N–C) groups is 1. The number of amides is 1. The van der Waals surface area contributed by atoms with Crippen molar-refractivity contribution in [2.75, 3.05) is 33.7 Å². The van der Waals surface area contributed by atoms with Crippen LogP contribution in [0.15, 0.2) is 53.5 Å². The molecule has 0 unspecified atom stereocenters. The van der Waals surface area contributed by atoms with Gasteiger partial charge in [-0.15, -0.1) is 0 Å². The summed E-state index contributed by atoms with van der Waals surface area (Å²) in [6.07, 6.45) is 1.60. The minimum Gasteiger partial charge on any atom is -0.356 e. The number of nitrogens with zero attached hydrogens (tertiary/aromatic N) is 2. The lowest BCUT2D eigenvalue weighted by Gasteiger charge is -2.14. The van der Waals surface area contributed by atoms with Crippen LogP contribution in [0.25, 0.3) is 0 Å². The number of carbonyl (C=O) groups excluding carboxylic acids is 1. The van der Waals surface area contributed by atoms with Gasteiger partial charge in [0.15, 0.2) is 5.96 Å². The molecular weight excluding hydrogens is 355 g/mol. The van der Waals surface area contributed by atoms with Crippen molar-refractivity contribution in [3.8, 4) is 0 Å². The fourth-order valence-electron chi connectivity index (χ4n) is 2.69. The predicted octanol–water partition coefficient (Wildman–Crippen LogP) is 2.54. The van der Waals surface area contributed by atoms with Crippen molar-refractivity contribution >= 4 is 11.9 Å². The van der Waals surface area contributed by atoms with Crippen molar-refractivity contribution in [2.45, 2.75) is 19.8 Å². The van der Waals surface area contributed by atoms with E-state index in [0.29, 0.717) is 19.0 Å². The van der Waals surface area contributed by atoms with Crippen LogP contribution in [0.4, 0.5) is 4.39 Å². The molecule has 2 aromatic rings. The van der Waals surface area contributed by atoms with E-state index in [1.807, 2.05) is 31.2 Å². The average Bonchev–Trinajstić information content (AvgIpc) is 2.67. The maximum Gasteiger partial charge on any atom is 0.243 e. The minimum absolute atomic E-state index is 0.0569. The molecule has 2 rings (SSSR count). The molecule has 0 fully saturated rings.